The molecule has 0 bridgehead atoms. The third-order valence-electron chi connectivity index (χ3n) is 10.7. The van der Waals surface area contributed by atoms with E-state index in [-0.39, 0.29) is 46.5 Å². The fraction of sp³-hybridized carbons (Fsp3) is 0.600. The quantitative estimate of drug-likeness (QED) is 0.222. The summed E-state index contributed by atoms with van der Waals surface area (Å²) in [6, 6.07) is 6.07. The average molecular weight is 755 g/mol. The fourth-order valence-electron chi connectivity index (χ4n) is 7.83. The molecule has 1 heterocycles. The van der Waals surface area contributed by atoms with Gasteiger partial charge in [-0.05, 0) is 116 Å². The van der Waals surface area contributed by atoms with Crippen molar-refractivity contribution >= 4 is 17.4 Å². The van der Waals surface area contributed by atoms with Crippen LogP contribution >= 0.6 is 0 Å². The molecule has 53 heavy (non-hydrogen) atoms. The molecule has 0 atom stereocenters. The highest BCUT2D eigenvalue weighted by molar-refractivity contribution is 6.21. The van der Waals surface area contributed by atoms with E-state index in [0.717, 1.165) is 61.6 Å². The Labute approximate surface area is 307 Å². The van der Waals surface area contributed by atoms with Crippen LogP contribution in [0.25, 0.3) is 5.57 Å². The molecule has 294 valence electrons. The molecule has 1 aliphatic heterocycles. The molecule has 3 aliphatic rings. The number of aliphatic hydroxyl groups is 1. The van der Waals surface area contributed by atoms with Crippen LogP contribution in [0.5, 0.6) is 11.5 Å². The fourth-order valence-corrected chi connectivity index (χ4v) is 7.83. The van der Waals surface area contributed by atoms with Crippen LogP contribution in [0.3, 0.4) is 0 Å². The Balaban J connectivity index is 0.000000237. The third kappa shape index (κ3) is 11.5. The smallest absolute Gasteiger partial charge is 0.422 e. The van der Waals surface area contributed by atoms with Gasteiger partial charge in [0.25, 0.3) is 5.91 Å². The maximum atomic E-state index is 12.6. The highest BCUT2D eigenvalue weighted by Crippen LogP contribution is 2.46. The largest absolute Gasteiger partial charge is 0.511 e. The zero-order chi connectivity index (χ0) is 39.2. The summed E-state index contributed by atoms with van der Waals surface area (Å²) in [5.74, 6) is -0.0158. The molecule has 2 saturated carbocycles. The molecule has 2 aliphatic carbocycles. The first-order valence-corrected chi connectivity index (χ1v) is 18.3. The lowest BCUT2D eigenvalue weighted by molar-refractivity contribution is -0.154. The van der Waals surface area contributed by atoms with Crippen molar-refractivity contribution < 1.29 is 50.5 Å². The molecule has 13 heteroatoms. The highest BCUT2D eigenvalue weighted by atomic mass is 19.4. The van der Waals surface area contributed by atoms with Gasteiger partial charge in [-0.25, -0.2) is 0 Å². The van der Waals surface area contributed by atoms with Gasteiger partial charge in [-0.3, -0.25) is 9.59 Å². The number of carbonyl (C=O) groups excluding carboxylic acids is 2. The molecule has 0 saturated heterocycles. The van der Waals surface area contributed by atoms with Gasteiger partial charge in [0.1, 0.15) is 17.3 Å². The number of nitrogens with one attached hydrogen (secondary N) is 2. The predicted molar refractivity (Wildman–Crippen MR) is 191 cm³/mol. The minimum atomic E-state index is -4.42. The number of carbonyl (C=O) groups is 2. The number of aryl methyl sites for hydroxylation is 4. The molecule has 0 aromatic heterocycles. The minimum Gasteiger partial charge on any atom is -0.511 e. The molecule has 0 radical (unpaired) electrons. The van der Waals surface area contributed by atoms with Crippen molar-refractivity contribution in [2.45, 2.75) is 118 Å². The molecule has 2 aromatic rings. The van der Waals surface area contributed by atoms with Gasteiger partial charge in [-0.2, -0.15) is 26.3 Å². The summed E-state index contributed by atoms with van der Waals surface area (Å²) in [6.45, 7) is 7.62. The molecule has 2 amide bonds. The molecule has 2 aromatic carbocycles. The van der Waals surface area contributed by atoms with E-state index in [4.69, 9.17) is 9.47 Å². The second-order valence-corrected chi connectivity index (χ2v) is 15.3. The van der Waals surface area contributed by atoms with Crippen LogP contribution in [0.4, 0.5) is 26.3 Å². The van der Waals surface area contributed by atoms with Gasteiger partial charge in [0, 0.05) is 18.5 Å². The Bertz CT molecular complexity index is 1610. The Hall–Kier alpha value is -3.90. The van der Waals surface area contributed by atoms with Crippen molar-refractivity contribution in [1.29, 1.82) is 0 Å². The monoisotopic (exact) mass is 754 g/mol. The molecule has 2 fully saturated rings. The van der Waals surface area contributed by atoms with Crippen molar-refractivity contribution in [2.24, 2.45) is 10.8 Å². The molecule has 0 unspecified atom stereocenters. The summed E-state index contributed by atoms with van der Waals surface area (Å²) in [5.41, 5.74) is 4.10. The average Bonchev–Trinajstić information content (AvgIpc) is 3.07. The molecule has 1 spiro atoms. The Morgan fingerprint density at radius 3 is 1.70 bits per heavy atom. The van der Waals surface area contributed by atoms with E-state index in [9.17, 15) is 41.0 Å². The topological polar surface area (TPSA) is 96.9 Å². The first-order valence-electron chi connectivity index (χ1n) is 18.3. The van der Waals surface area contributed by atoms with E-state index in [0.29, 0.717) is 29.8 Å². The third-order valence-corrected chi connectivity index (χ3v) is 10.7. The van der Waals surface area contributed by atoms with Crippen LogP contribution < -0.4 is 20.1 Å². The molecular weight excluding hydrogens is 702 g/mol. The van der Waals surface area contributed by atoms with Gasteiger partial charge in [0.05, 0.1) is 12.0 Å². The van der Waals surface area contributed by atoms with E-state index in [1.807, 2.05) is 0 Å². The number of alkyl halides is 6. The van der Waals surface area contributed by atoms with Crippen molar-refractivity contribution in [1.82, 2.24) is 10.6 Å². The Morgan fingerprint density at radius 2 is 1.23 bits per heavy atom. The first kappa shape index (κ1) is 41.9. The number of benzene rings is 2. The summed E-state index contributed by atoms with van der Waals surface area (Å²) in [5, 5.41) is 17.0. The first-order chi connectivity index (χ1) is 24.7. The minimum absolute atomic E-state index is 0.0491. The van der Waals surface area contributed by atoms with E-state index in [2.05, 4.69) is 17.6 Å². The van der Waals surface area contributed by atoms with E-state index in [1.165, 1.54) is 31.4 Å². The lowest BCUT2D eigenvalue weighted by Crippen LogP contribution is -2.46. The SMILES string of the molecule is Cc1cc(OCC(F)(F)F)cc(C)c1C1=C(O)C2(CCCCC2)CNC1=O.Cc1cc(OCC(F)(F)F)cc(C)c1CC(=O)NCC1(C)CCCCC1. The van der Waals surface area contributed by atoms with Crippen molar-refractivity contribution in [2.75, 3.05) is 26.3 Å². The summed E-state index contributed by atoms with van der Waals surface area (Å²) < 4.78 is 83.7. The summed E-state index contributed by atoms with van der Waals surface area (Å²) in [4.78, 5) is 24.9. The number of ether oxygens (including phenoxy) is 2. The van der Waals surface area contributed by atoms with Gasteiger partial charge >= 0.3 is 12.4 Å². The van der Waals surface area contributed by atoms with Crippen molar-refractivity contribution in [3.63, 3.8) is 0 Å². The van der Waals surface area contributed by atoms with Gasteiger partial charge in [-0.1, -0.05) is 45.4 Å². The van der Waals surface area contributed by atoms with Gasteiger partial charge < -0.3 is 25.2 Å². The van der Waals surface area contributed by atoms with Crippen LogP contribution in [0.1, 0.15) is 105 Å². The molecular formula is C40H52F6N2O5. The van der Waals surface area contributed by atoms with Crippen LogP contribution in [0, 0.1) is 38.5 Å². The van der Waals surface area contributed by atoms with Gasteiger partial charge in [0.15, 0.2) is 13.2 Å². The summed E-state index contributed by atoms with van der Waals surface area (Å²) >= 11 is 0. The highest BCUT2D eigenvalue weighted by Gasteiger charge is 2.43. The van der Waals surface area contributed by atoms with Gasteiger partial charge in [-0.15, -0.1) is 0 Å². The van der Waals surface area contributed by atoms with E-state index in [1.54, 1.807) is 39.8 Å². The maximum absolute atomic E-state index is 12.6. The number of hydrogen-bond acceptors (Lipinski definition) is 5. The number of halogens is 6. The summed E-state index contributed by atoms with van der Waals surface area (Å²) in [7, 11) is 0. The molecule has 5 rings (SSSR count). The number of hydrogen-bond donors (Lipinski definition) is 3. The summed E-state index contributed by atoms with van der Waals surface area (Å²) in [6.07, 6.45) is 2.14. The van der Waals surface area contributed by atoms with Crippen LogP contribution in [0.2, 0.25) is 0 Å². The number of aliphatic hydroxyl groups excluding tert-OH is 1. The standard InChI is InChI=1S/C20H24F3NO3.C20H28F3NO2/c1-12-8-14(27-11-20(21,22)23)9-13(2)15(12)16-17(25)19(10-24-18(16)26)6-4-3-5-7-19;1-14-9-16(26-13-20(21,22)23)10-15(2)17(14)11-18(25)24-12-19(3)7-5-4-6-8-19/h8-9,25H,3-7,10-11H2,1-2H3,(H,24,26);9-10H,4-8,11-13H2,1-3H3,(H,24,25). The normalized spacial score (nSPS) is 18.5. The number of amides is 2. The molecule has 7 nitrogen and oxygen atoms in total. The van der Waals surface area contributed by atoms with Crippen LogP contribution in [-0.4, -0.2) is 55.6 Å². The second kappa shape index (κ2) is 17.1. The second-order valence-electron chi connectivity index (χ2n) is 15.3. The predicted octanol–water partition coefficient (Wildman–Crippen LogP) is 9.47. The zero-order valence-corrected chi connectivity index (χ0v) is 31.3. The van der Waals surface area contributed by atoms with Crippen molar-refractivity contribution in [3.8, 4) is 11.5 Å². The van der Waals surface area contributed by atoms with Crippen molar-refractivity contribution in [3.05, 3.63) is 63.4 Å². The lowest BCUT2D eigenvalue weighted by Gasteiger charge is -2.41. The zero-order valence-electron chi connectivity index (χ0n) is 31.3. The van der Waals surface area contributed by atoms with Crippen LogP contribution in [0.15, 0.2) is 30.0 Å². The lowest BCUT2D eigenvalue weighted by atomic mass is 9.69. The Morgan fingerprint density at radius 1 is 0.774 bits per heavy atom. The number of rotatable bonds is 9. The van der Waals surface area contributed by atoms with E-state index < -0.39 is 31.0 Å². The Kier molecular flexibility index (Phi) is 13.5. The van der Waals surface area contributed by atoms with Gasteiger partial charge in [0.2, 0.25) is 5.91 Å². The van der Waals surface area contributed by atoms with E-state index >= 15 is 0 Å². The van der Waals surface area contributed by atoms with Crippen LogP contribution in [-0.2, 0) is 16.0 Å². The maximum Gasteiger partial charge on any atom is 0.422 e. The molecule has 3 N–H and O–H groups in total.